The summed E-state index contributed by atoms with van der Waals surface area (Å²) in [6, 6.07) is 37.7. The zero-order valence-electron chi connectivity index (χ0n) is 21.1. The van der Waals surface area contributed by atoms with Crippen LogP contribution in [0.5, 0.6) is 0 Å². The molecule has 0 amide bonds. The zero-order valence-corrected chi connectivity index (χ0v) is 21.1. The van der Waals surface area contributed by atoms with Crippen molar-refractivity contribution in [3.8, 4) is 0 Å². The van der Waals surface area contributed by atoms with Gasteiger partial charge in [0.05, 0.1) is 11.6 Å². The fraction of sp³-hybridized carbons (Fsp3) is 0.0909. The van der Waals surface area contributed by atoms with E-state index in [4.69, 9.17) is 0 Å². The molecule has 5 aromatic rings. The molecule has 6 heteroatoms. The molecule has 190 valence electrons. The number of Topliss-reactive ketones (excluding diaryl/α,β-unsaturated/α-hetero) is 2. The highest BCUT2D eigenvalue weighted by Gasteiger charge is 2.39. The van der Waals surface area contributed by atoms with Crippen molar-refractivity contribution in [3.63, 3.8) is 0 Å². The summed E-state index contributed by atoms with van der Waals surface area (Å²) >= 11 is 0. The average molecular weight is 511 g/mol. The number of carbonyl (C=O) groups excluding carboxylic acids is 2. The summed E-state index contributed by atoms with van der Waals surface area (Å²) in [5, 5.41) is 8.01. The number of hydrogen-bond donors (Lipinski definition) is 1. The summed E-state index contributed by atoms with van der Waals surface area (Å²) < 4.78 is 1.80. The summed E-state index contributed by atoms with van der Waals surface area (Å²) in [7, 11) is 0. The van der Waals surface area contributed by atoms with Gasteiger partial charge in [-0.25, -0.2) is 4.68 Å². The van der Waals surface area contributed by atoms with Gasteiger partial charge in [-0.15, -0.1) is 0 Å². The Labute approximate surface area is 226 Å². The van der Waals surface area contributed by atoms with Gasteiger partial charge >= 0.3 is 0 Å². The lowest BCUT2D eigenvalue weighted by Crippen LogP contribution is -2.33. The molecule has 0 bridgehead atoms. The number of rotatable bonds is 8. The van der Waals surface area contributed by atoms with Crippen LogP contribution in [0, 0.1) is 5.92 Å². The second kappa shape index (κ2) is 10.7. The van der Waals surface area contributed by atoms with Crippen LogP contribution in [0.15, 0.2) is 133 Å². The Morgan fingerprint density at radius 2 is 1.31 bits per heavy atom. The van der Waals surface area contributed by atoms with E-state index in [0.29, 0.717) is 17.1 Å². The molecule has 6 nitrogen and oxygen atoms in total. The Morgan fingerprint density at radius 1 is 0.744 bits per heavy atom. The van der Waals surface area contributed by atoms with Crippen LogP contribution < -0.4 is 5.32 Å². The first-order valence-corrected chi connectivity index (χ1v) is 12.9. The quantitative estimate of drug-likeness (QED) is 0.242. The molecule has 0 fully saturated rings. The van der Waals surface area contributed by atoms with E-state index in [1.807, 2.05) is 97.1 Å². The SMILES string of the molecule is O=C(CC(C(=O)c1ccccc1)C1=C(c2ccccc2)Nc2ncnn2C1c1ccccc1)c1ccccc1. The molecule has 39 heavy (non-hydrogen) atoms. The smallest absolute Gasteiger partial charge is 0.226 e. The van der Waals surface area contributed by atoms with Gasteiger partial charge < -0.3 is 5.32 Å². The molecule has 1 aliphatic heterocycles. The molecule has 0 aliphatic carbocycles. The van der Waals surface area contributed by atoms with Crippen LogP contribution in [0.3, 0.4) is 0 Å². The average Bonchev–Trinajstić information content (AvgIpc) is 3.49. The highest BCUT2D eigenvalue weighted by atomic mass is 16.1. The molecule has 0 radical (unpaired) electrons. The first-order chi connectivity index (χ1) is 19.2. The minimum absolute atomic E-state index is 0.0124. The van der Waals surface area contributed by atoms with Crippen LogP contribution in [0.2, 0.25) is 0 Å². The van der Waals surface area contributed by atoms with Gasteiger partial charge in [0.15, 0.2) is 11.6 Å². The summed E-state index contributed by atoms with van der Waals surface area (Å²) in [5.41, 5.74) is 4.53. The van der Waals surface area contributed by atoms with E-state index in [0.717, 1.165) is 22.4 Å². The Morgan fingerprint density at radius 3 is 1.95 bits per heavy atom. The molecule has 0 saturated heterocycles. The number of ketones is 2. The molecule has 0 spiro atoms. The lowest BCUT2D eigenvalue weighted by molar-refractivity contribution is 0.0868. The highest BCUT2D eigenvalue weighted by molar-refractivity contribution is 6.06. The first-order valence-electron chi connectivity index (χ1n) is 12.9. The van der Waals surface area contributed by atoms with E-state index in [1.54, 1.807) is 28.9 Å². The van der Waals surface area contributed by atoms with Crippen LogP contribution in [0.4, 0.5) is 5.95 Å². The van der Waals surface area contributed by atoms with Crippen LogP contribution in [-0.4, -0.2) is 26.3 Å². The van der Waals surface area contributed by atoms with Crippen LogP contribution in [-0.2, 0) is 0 Å². The second-order valence-corrected chi connectivity index (χ2v) is 9.44. The number of anilines is 1. The fourth-order valence-corrected chi connectivity index (χ4v) is 5.22. The number of hydrogen-bond acceptors (Lipinski definition) is 5. The number of carbonyl (C=O) groups is 2. The van der Waals surface area contributed by atoms with Crippen molar-refractivity contribution in [1.29, 1.82) is 0 Å². The highest BCUT2D eigenvalue weighted by Crippen LogP contribution is 2.44. The zero-order chi connectivity index (χ0) is 26.6. The third kappa shape index (κ3) is 4.80. The molecule has 2 heterocycles. The minimum Gasteiger partial charge on any atom is -0.324 e. The van der Waals surface area contributed by atoms with Gasteiger partial charge in [-0.2, -0.15) is 10.1 Å². The molecule has 1 aromatic heterocycles. The number of nitrogens with one attached hydrogen (secondary N) is 1. The van der Waals surface area contributed by atoms with Crippen molar-refractivity contribution >= 4 is 23.2 Å². The minimum atomic E-state index is -0.759. The molecule has 1 aliphatic rings. The maximum absolute atomic E-state index is 14.4. The lowest BCUT2D eigenvalue weighted by atomic mass is 9.77. The number of nitrogens with zero attached hydrogens (tertiary/aromatic N) is 3. The molecular formula is C33H26N4O2. The molecule has 2 unspecified atom stereocenters. The summed E-state index contributed by atoms with van der Waals surface area (Å²) in [5.74, 6) is -0.396. The standard InChI is InChI=1S/C33H26N4O2/c38-28(23-13-5-1-6-14-23)21-27(32(39)26-19-11-4-12-20-26)29-30(24-15-7-2-8-16-24)36-33-34-22-35-37(33)31(29)25-17-9-3-10-18-25/h1-20,22,27,31H,21H2,(H,34,35,36). The van der Waals surface area contributed by atoms with Crippen LogP contribution >= 0.6 is 0 Å². The Balaban J connectivity index is 1.59. The van der Waals surface area contributed by atoms with Crippen molar-refractivity contribution in [2.24, 2.45) is 5.92 Å². The van der Waals surface area contributed by atoms with Gasteiger partial charge in [0.25, 0.3) is 0 Å². The van der Waals surface area contributed by atoms with E-state index in [1.165, 1.54) is 6.33 Å². The van der Waals surface area contributed by atoms with Crippen molar-refractivity contribution in [2.75, 3.05) is 5.32 Å². The van der Waals surface area contributed by atoms with Gasteiger partial charge in [-0.05, 0) is 16.7 Å². The summed E-state index contributed by atoms with van der Waals surface area (Å²) in [6.07, 6.45) is 1.52. The summed E-state index contributed by atoms with van der Waals surface area (Å²) in [4.78, 5) is 32.5. The number of benzene rings is 4. The van der Waals surface area contributed by atoms with Crippen molar-refractivity contribution < 1.29 is 9.59 Å². The molecular weight excluding hydrogens is 484 g/mol. The lowest BCUT2D eigenvalue weighted by Gasteiger charge is -2.34. The predicted molar refractivity (Wildman–Crippen MR) is 151 cm³/mol. The third-order valence-corrected chi connectivity index (χ3v) is 7.05. The number of aromatic nitrogens is 3. The number of allylic oxidation sites excluding steroid dienone is 1. The molecule has 6 rings (SSSR count). The van der Waals surface area contributed by atoms with E-state index in [9.17, 15) is 9.59 Å². The summed E-state index contributed by atoms with van der Waals surface area (Å²) in [6.45, 7) is 0. The van der Waals surface area contributed by atoms with Gasteiger partial charge in [-0.3, -0.25) is 9.59 Å². The van der Waals surface area contributed by atoms with Gasteiger partial charge in [-0.1, -0.05) is 121 Å². The van der Waals surface area contributed by atoms with Crippen molar-refractivity contribution in [1.82, 2.24) is 14.8 Å². The monoisotopic (exact) mass is 510 g/mol. The Kier molecular flexibility index (Phi) is 6.66. The van der Waals surface area contributed by atoms with E-state index in [2.05, 4.69) is 15.4 Å². The topological polar surface area (TPSA) is 76.9 Å². The van der Waals surface area contributed by atoms with Gasteiger partial charge in [0, 0.05) is 17.5 Å². The molecule has 2 atom stereocenters. The molecule has 1 N–H and O–H groups in total. The molecule has 4 aromatic carbocycles. The Bertz CT molecular complexity index is 1630. The second-order valence-electron chi connectivity index (χ2n) is 9.44. The number of fused-ring (bicyclic) bond motifs is 1. The normalized spacial score (nSPS) is 15.2. The van der Waals surface area contributed by atoms with Crippen LogP contribution in [0.25, 0.3) is 5.70 Å². The fourth-order valence-electron chi connectivity index (χ4n) is 5.22. The van der Waals surface area contributed by atoms with Crippen molar-refractivity contribution in [3.05, 3.63) is 155 Å². The maximum Gasteiger partial charge on any atom is 0.226 e. The maximum atomic E-state index is 14.4. The van der Waals surface area contributed by atoms with Gasteiger partial charge in [0.1, 0.15) is 12.4 Å². The Hall–Kier alpha value is -5.10. The van der Waals surface area contributed by atoms with E-state index < -0.39 is 12.0 Å². The largest absolute Gasteiger partial charge is 0.324 e. The molecule has 0 saturated carbocycles. The first kappa shape index (κ1) is 24.2. The third-order valence-electron chi connectivity index (χ3n) is 7.05. The van der Waals surface area contributed by atoms with Crippen LogP contribution in [0.1, 0.15) is 44.3 Å². The van der Waals surface area contributed by atoms with E-state index >= 15 is 0 Å². The van der Waals surface area contributed by atoms with E-state index in [-0.39, 0.29) is 18.0 Å². The predicted octanol–water partition coefficient (Wildman–Crippen LogP) is 6.48. The van der Waals surface area contributed by atoms with Gasteiger partial charge in [0.2, 0.25) is 5.95 Å². The van der Waals surface area contributed by atoms with Crippen molar-refractivity contribution in [2.45, 2.75) is 12.5 Å².